The number of carbonyl (C=O) groups excluding carboxylic acids is 1. The zero-order valence-corrected chi connectivity index (χ0v) is 23.4. The quantitative estimate of drug-likeness (QED) is 0.0854. The number of hydrogen-bond acceptors (Lipinski definition) is 12. The van der Waals surface area contributed by atoms with E-state index in [1.165, 1.54) is 24.3 Å². The number of nitrogens with one attached hydrogen (secondary N) is 10. The van der Waals surface area contributed by atoms with Crippen LogP contribution < -0.4 is 56.9 Å². The van der Waals surface area contributed by atoms with Gasteiger partial charge in [-0.05, 0) is 12.1 Å². The van der Waals surface area contributed by atoms with Crippen molar-refractivity contribution < 1.29 is 9.53 Å². The van der Waals surface area contributed by atoms with Crippen molar-refractivity contribution >= 4 is 64.2 Å². The SMILES string of the molecule is N=C(N)C1C2(C(=N)N)OC(C(=N)N)(C(=N)N)C(C(=N)N)(C(=N)N)C(C(=O)Nc3ccccc3)N2N(C(=N)N)C1(C(=N)N)C(=N)N. The molecule has 0 radical (unpaired) electrons. The van der Waals surface area contributed by atoms with E-state index in [4.69, 9.17) is 105 Å². The first-order valence-corrected chi connectivity index (χ1v) is 12.4. The van der Waals surface area contributed by atoms with Crippen LogP contribution in [0.4, 0.5) is 5.69 Å². The van der Waals surface area contributed by atoms with Gasteiger partial charge in [0, 0.05) is 5.69 Å². The molecule has 23 nitrogen and oxygen atoms in total. The molecule has 3 atom stereocenters. The van der Waals surface area contributed by atoms with Crippen LogP contribution in [0.1, 0.15) is 0 Å². The summed E-state index contributed by atoms with van der Waals surface area (Å²) in [6.07, 6.45) is 0. The highest BCUT2D eigenvalue weighted by Gasteiger charge is 2.85. The smallest absolute Gasteiger partial charge is 0.245 e. The monoisotopic (exact) mass is 625 g/mol. The maximum Gasteiger partial charge on any atom is 0.245 e. The van der Waals surface area contributed by atoms with Gasteiger partial charge in [0.25, 0.3) is 0 Å². The lowest BCUT2D eigenvalue weighted by atomic mass is 9.60. The third-order valence-corrected chi connectivity index (χ3v) is 7.86. The lowest BCUT2D eigenvalue weighted by Crippen LogP contribution is -2.89. The summed E-state index contributed by atoms with van der Waals surface area (Å²) < 4.78 is 6.19. The van der Waals surface area contributed by atoms with Gasteiger partial charge in [-0.2, -0.15) is 5.01 Å². The van der Waals surface area contributed by atoms with Crippen molar-refractivity contribution in [1.82, 2.24) is 10.0 Å². The Labute approximate surface area is 254 Å². The predicted octanol–water partition coefficient (Wildman–Crippen LogP) is -5.29. The van der Waals surface area contributed by atoms with Gasteiger partial charge in [-0.15, -0.1) is 0 Å². The number of hydrogen-bond donors (Lipinski definition) is 19. The minimum Gasteiger partial charge on any atom is -0.387 e. The molecule has 1 amide bonds. The van der Waals surface area contributed by atoms with Gasteiger partial charge < -0.3 is 61.7 Å². The van der Waals surface area contributed by atoms with Gasteiger partial charge >= 0.3 is 0 Å². The average Bonchev–Trinajstić information content (AvgIpc) is 3.21. The number of para-hydroxylation sites is 1. The predicted molar refractivity (Wildman–Crippen MR) is 165 cm³/mol. The Hall–Kier alpha value is -6.36. The van der Waals surface area contributed by atoms with Crippen LogP contribution in [0.5, 0.6) is 0 Å². The van der Waals surface area contributed by atoms with Gasteiger partial charge in [0.15, 0.2) is 11.0 Å². The van der Waals surface area contributed by atoms with Gasteiger partial charge in [-0.3, -0.25) is 53.5 Å². The van der Waals surface area contributed by atoms with Crippen LogP contribution in [0.3, 0.4) is 0 Å². The summed E-state index contributed by atoms with van der Waals surface area (Å²) in [6, 6.07) is 5.01. The standard InChI is InChI=1S/C22H35N21O2/c23-9(24)7-20(13(29)30,14(31)32)43(18(39)40)42-8(10(44)41-6-4-2-1-3-5-6)19(11(25)26,12(27)28)21(15(33)34,16(35)36)45-22(7,42)17(37)38/h1-5,7-8H,(H3,23,24)(H3,25,26)(H3,27,28)(H3,29,30)(H3,31,32)(H3,33,34)(H3,35,36)(H3,37,38)(H3,39,40)(H,41,44). The number of hydrazine groups is 1. The highest BCUT2D eigenvalue weighted by molar-refractivity contribution is 6.27. The number of benzene rings is 1. The summed E-state index contributed by atoms with van der Waals surface area (Å²) in [5.74, 6) is -14.4. The van der Waals surface area contributed by atoms with Gasteiger partial charge in [-0.1, -0.05) is 18.2 Å². The zero-order chi connectivity index (χ0) is 34.6. The van der Waals surface area contributed by atoms with E-state index in [0.29, 0.717) is 10.0 Å². The number of nitrogens with zero attached hydrogens (tertiary/aromatic N) is 2. The number of amidine groups is 8. The minimum absolute atomic E-state index is 0.0840. The summed E-state index contributed by atoms with van der Waals surface area (Å²) in [7, 11) is 0. The van der Waals surface area contributed by atoms with Crippen LogP contribution in [0.2, 0.25) is 0 Å². The molecular formula is C22H35N21O2. The molecule has 1 aromatic carbocycles. The van der Waals surface area contributed by atoms with E-state index >= 15 is 0 Å². The van der Waals surface area contributed by atoms with Crippen LogP contribution >= 0.6 is 0 Å². The molecule has 3 unspecified atom stereocenters. The number of rotatable bonds is 10. The normalized spacial score (nSPS) is 30.7. The van der Waals surface area contributed by atoms with Crippen LogP contribution in [0, 0.1) is 60.0 Å². The van der Waals surface area contributed by atoms with Crippen molar-refractivity contribution in [2.75, 3.05) is 5.32 Å². The van der Waals surface area contributed by atoms with Gasteiger partial charge in [0.05, 0.1) is 0 Å². The van der Waals surface area contributed by atoms with Crippen LogP contribution in [0.25, 0.3) is 0 Å². The second-order valence-corrected chi connectivity index (χ2v) is 10.1. The summed E-state index contributed by atoms with van der Waals surface area (Å²) in [5, 5.41) is 80.8. The van der Waals surface area contributed by atoms with E-state index in [2.05, 4.69) is 5.32 Å². The Bertz CT molecular complexity index is 1540. The third kappa shape index (κ3) is 3.77. The lowest BCUT2D eigenvalue weighted by molar-refractivity contribution is -0.253. The Morgan fingerprint density at radius 1 is 0.689 bits per heavy atom. The first-order chi connectivity index (χ1) is 20.7. The fourth-order valence-electron chi connectivity index (χ4n) is 6.26. The molecule has 3 rings (SSSR count). The summed E-state index contributed by atoms with van der Waals surface area (Å²) in [5.41, 5.74) is 41.9. The number of amides is 1. The first kappa shape index (κ1) is 33.1. The second-order valence-electron chi connectivity index (χ2n) is 10.1. The Morgan fingerprint density at radius 3 is 1.49 bits per heavy atom. The molecule has 2 fully saturated rings. The fourth-order valence-corrected chi connectivity index (χ4v) is 6.26. The van der Waals surface area contributed by atoms with E-state index in [-0.39, 0.29) is 5.69 Å². The highest BCUT2D eigenvalue weighted by Crippen LogP contribution is 2.59. The maximum atomic E-state index is 14.6. The maximum absolute atomic E-state index is 14.6. The van der Waals surface area contributed by atoms with E-state index in [1.807, 2.05) is 0 Å². The van der Waals surface area contributed by atoms with E-state index < -0.39 is 92.8 Å². The van der Waals surface area contributed by atoms with Crippen molar-refractivity contribution in [3.8, 4) is 0 Å². The molecule has 2 aliphatic rings. The zero-order valence-electron chi connectivity index (χ0n) is 23.4. The largest absolute Gasteiger partial charge is 0.387 e. The topological polar surface area (TPSA) is 494 Å². The van der Waals surface area contributed by atoms with Crippen molar-refractivity contribution in [3.05, 3.63) is 30.3 Å². The van der Waals surface area contributed by atoms with Crippen LogP contribution in [0.15, 0.2) is 30.3 Å². The van der Waals surface area contributed by atoms with E-state index in [1.54, 1.807) is 6.07 Å². The number of ether oxygens (including phenoxy) is 1. The molecule has 0 saturated carbocycles. The minimum atomic E-state index is -3.26. The molecule has 240 valence electrons. The summed E-state index contributed by atoms with van der Waals surface area (Å²) in [6.45, 7) is 0. The molecule has 0 spiro atoms. The molecule has 45 heavy (non-hydrogen) atoms. The molecule has 2 saturated heterocycles. The lowest BCUT2D eigenvalue weighted by Gasteiger charge is -2.62. The van der Waals surface area contributed by atoms with Crippen LogP contribution in [-0.4, -0.2) is 91.5 Å². The van der Waals surface area contributed by atoms with Crippen molar-refractivity contribution in [2.45, 2.75) is 22.9 Å². The molecule has 2 aliphatic heterocycles. The number of guanidine groups is 1. The molecule has 0 bridgehead atoms. The van der Waals surface area contributed by atoms with Gasteiger partial charge in [0.1, 0.15) is 58.6 Å². The molecule has 23 heteroatoms. The highest BCUT2D eigenvalue weighted by atomic mass is 16.6. The molecule has 0 aliphatic carbocycles. The van der Waals surface area contributed by atoms with Crippen molar-refractivity contribution in [3.63, 3.8) is 0 Å². The number of anilines is 1. The van der Waals surface area contributed by atoms with Gasteiger partial charge in [-0.25, -0.2) is 5.01 Å². The Balaban J connectivity index is 2.80. The second kappa shape index (κ2) is 10.4. The summed E-state index contributed by atoms with van der Waals surface area (Å²) >= 11 is 0. The fraction of sp³-hybridized carbons (Fsp3) is 0.273. The number of fused-ring (bicyclic) bond motifs is 1. The van der Waals surface area contributed by atoms with Crippen LogP contribution in [-0.2, 0) is 9.53 Å². The Kier molecular flexibility index (Phi) is 7.67. The number of carbonyl (C=O) groups is 1. The molecule has 1 aromatic rings. The van der Waals surface area contributed by atoms with Gasteiger partial charge in [0.2, 0.25) is 23.2 Å². The van der Waals surface area contributed by atoms with Crippen molar-refractivity contribution in [1.29, 1.82) is 48.7 Å². The molecule has 28 N–H and O–H groups in total. The van der Waals surface area contributed by atoms with Crippen molar-refractivity contribution in [2.24, 2.45) is 62.9 Å². The molecule has 0 aromatic heterocycles. The third-order valence-electron chi connectivity index (χ3n) is 7.86. The van der Waals surface area contributed by atoms with E-state index in [0.717, 1.165) is 0 Å². The number of nitrogens with two attached hydrogens (primary N) is 9. The summed E-state index contributed by atoms with van der Waals surface area (Å²) in [4.78, 5) is 14.6. The molecular weight excluding hydrogens is 590 g/mol. The first-order valence-electron chi connectivity index (χ1n) is 12.4. The molecule has 2 heterocycles. The Morgan fingerprint density at radius 2 is 1.16 bits per heavy atom. The van der Waals surface area contributed by atoms with E-state index in [9.17, 15) is 4.79 Å². The average molecular weight is 626 g/mol.